The van der Waals surface area contributed by atoms with E-state index in [1.165, 1.54) is 62.8 Å². The van der Waals surface area contributed by atoms with Crippen molar-refractivity contribution in [2.45, 2.75) is 83.7 Å². The minimum atomic E-state index is -4.91. The van der Waals surface area contributed by atoms with Crippen molar-refractivity contribution in [1.82, 2.24) is 0 Å². The molecular weight excluding hydrogens is 625 g/mol. The summed E-state index contributed by atoms with van der Waals surface area (Å²) in [5, 5.41) is 0. The number of hydrogen-bond donors (Lipinski definition) is 0. The van der Waals surface area contributed by atoms with E-state index in [2.05, 4.69) is 13.5 Å². The Bertz CT molecular complexity index is 1470. The van der Waals surface area contributed by atoms with Gasteiger partial charge in [-0.1, -0.05) is 70.6 Å². The van der Waals surface area contributed by atoms with Crippen LogP contribution in [0.5, 0.6) is 17.2 Å². The van der Waals surface area contributed by atoms with Gasteiger partial charge in [0.25, 0.3) is 0 Å². The maximum atomic E-state index is 14.0. The van der Waals surface area contributed by atoms with Crippen LogP contribution in [0.25, 0.3) is 0 Å². The van der Waals surface area contributed by atoms with E-state index >= 15 is 0 Å². The van der Waals surface area contributed by atoms with Crippen LogP contribution in [0.2, 0.25) is 0 Å². The summed E-state index contributed by atoms with van der Waals surface area (Å²) in [6.45, 7) is 6.07. The van der Waals surface area contributed by atoms with E-state index in [0.717, 1.165) is 43.0 Å². The fourth-order valence-electron chi connectivity index (χ4n) is 4.79. The third-order valence-corrected chi connectivity index (χ3v) is 7.48. The molecule has 3 rings (SSSR count). The van der Waals surface area contributed by atoms with Crippen molar-refractivity contribution in [1.29, 1.82) is 0 Å². The Morgan fingerprint density at radius 2 is 1.27 bits per heavy atom. The van der Waals surface area contributed by atoms with Crippen LogP contribution in [0.4, 0.5) is 13.2 Å². The number of ether oxygens (including phenoxy) is 4. The van der Waals surface area contributed by atoms with Crippen LogP contribution in [0.3, 0.4) is 0 Å². The molecule has 0 fully saturated rings. The quantitative estimate of drug-likeness (QED) is 0.0513. The van der Waals surface area contributed by atoms with E-state index in [1.54, 1.807) is 12.1 Å². The summed E-state index contributed by atoms with van der Waals surface area (Å²) in [6.07, 6.45) is 8.01. The van der Waals surface area contributed by atoms with E-state index in [0.29, 0.717) is 31.3 Å². The minimum absolute atomic E-state index is 0.00107. The molecule has 0 unspecified atom stereocenters. The second kappa shape index (κ2) is 19.9. The van der Waals surface area contributed by atoms with Gasteiger partial charge in [0.1, 0.15) is 17.2 Å². The molecule has 0 saturated heterocycles. The lowest BCUT2D eigenvalue weighted by molar-refractivity contribution is -0.139. The van der Waals surface area contributed by atoms with Gasteiger partial charge in [0.2, 0.25) is 0 Å². The number of benzene rings is 3. The number of rotatable bonds is 20. The molecule has 0 amide bonds. The number of carbonyl (C=O) groups excluding carboxylic acids is 3. The number of aryl methyl sites for hydroxylation is 1. The fourth-order valence-corrected chi connectivity index (χ4v) is 4.79. The second-order valence-corrected chi connectivity index (χ2v) is 11.3. The molecule has 258 valence electrons. The summed E-state index contributed by atoms with van der Waals surface area (Å²) in [7, 11) is 0. The van der Waals surface area contributed by atoms with Crippen molar-refractivity contribution in [3.8, 4) is 17.2 Å². The second-order valence-electron chi connectivity index (χ2n) is 11.3. The highest BCUT2D eigenvalue weighted by Crippen LogP contribution is 2.37. The average Bonchev–Trinajstić information content (AvgIpc) is 3.08. The third kappa shape index (κ3) is 13.3. The molecule has 0 heterocycles. The standard InChI is InChI=1S/C38H43F3O7/c1-3-5-6-7-8-9-10-11-14-28-15-20-32(21-16-28)47-37(44)30-19-24-34(33(27-30)38(39,40)41)48-36(43)29-17-22-31(23-18-29)45-25-12-13-26-46-35(42)4-2/h4,15-24,27H,2-3,5-14,25-26H2,1H3. The molecule has 0 radical (unpaired) electrons. The summed E-state index contributed by atoms with van der Waals surface area (Å²) in [4.78, 5) is 36.4. The lowest BCUT2D eigenvalue weighted by Crippen LogP contribution is -2.16. The van der Waals surface area contributed by atoms with Crippen molar-refractivity contribution in [2.75, 3.05) is 13.2 Å². The molecule has 0 saturated carbocycles. The topological polar surface area (TPSA) is 88.1 Å². The normalized spacial score (nSPS) is 11.1. The van der Waals surface area contributed by atoms with Crippen molar-refractivity contribution < 1.29 is 46.5 Å². The molecule has 0 N–H and O–H groups in total. The Morgan fingerprint density at radius 3 is 1.92 bits per heavy atom. The van der Waals surface area contributed by atoms with Gasteiger partial charge in [-0.2, -0.15) is 13.2 Å². The van der Waals surface area contributed by atoms with Crippen LogP contribution >= 0.6 is 0 Å². The van der Waals surface area contributed by atoms with Gasteiger partial charge in [0, 0.05) is 6.08 Å². The van der Waals surface area contributed by atoms with Gasteiger partial charge < -0.3 is 18.9 Å². The first-order chi connectivity index (χ1) is 23.1. The zero-order valence-corrected chi connectivity index (χ0v) is 27.3. The van der Waals surface area contributed by atoms with Gasteiger partial charge >= 0.3 is 24.1 Å². The number of alkyl halides is 3. The first kappa shape index (κ1) is 37.9. The highest BCUT2D eigenvalue weighted by molar-refractivity contribution is 5.93. The highest BCUT2D eigenvalue weighted by atomic mass is 19.4. The van der Waals surface area contributed by atoms with Crippen LogP contribution in [0, 0.1) is 0 Å². The molecule has 3 aromatic rings. The third-order valence-electron chi connectivity index (χ3n) is 7.48. The minimum Gasteiger partial charge on any atom is -0.494 e. The first-order valence-corrected chi connectivity index (χ1v) is 16.4. The summed E-state index contributed by atoms with van der Waals surface area (Å²) >= 11 is 0. The molecule has 48 heavy (non-hydrogen) atoms. The van der Waals surface area contributed by atoms with Crippen molar-refractivity contribution in [3.05, 3.63) is 102 Å². The summed E-state index contributed by atoms with van der Waals surface area (Å²) in [5.74, 6) is -2.58. The Kier molecular flexibility index (Phi) is 15.7. The maximum absolute atomic E-state index is 14.0. The van der Waals surface area contributed by atoms with E-state index in [1.807, 2.05) is 12.1 Å². The highest BCUT2D eigenvalue weighted by Gasteiger charge is 2.36. The zero-order valence-electron chi connectivity index (χ0n) is 27.3. The van der Waals surface area contributed by atoms with Gasteiger partial charge in [-0.25, -0.2) is 14.4 Å². The van der Waals surface area contributed by atoms with Crippen molar-refractivity contribution in [2.24, 2.45) is 0 Å². The molecule has 7 nitrogen and oxygen atoms in total. The number of unbranched alkanes of at least 4 members (excludes halogenated alkanes) is 8. The number of hydrogen-bond acceptors (Lipinski definition) is 7. The molecule has 10 heteroatoms. The molecule has 0 bridgehead atoms. The SMILES string of the molecule is C=CC(=O)OCCCCOc1ccc(C(=O)Oc2ccc(C(=O)Oc3ccc(CCCCCCCCCC)cc3)cc2C(F)(F)F)cc1. The van der Waals surface area contributed by atoms with Gasteiger partial charge in [-0.15, -0.1) is 0 Å². The Hall–Kier alpha value is -4.60. The van der Waals surface area contributed by atoms with E-state index in [-0.39, 0.29) is 23.5 Å². The van der Waals surface area contributed by atoms with Crippen LogP contribution in [-0.4, -0.2) is 31.1 Å². The summed E-state index contributed by atoms with van der Waals surface area (Å²) in [5.41, 5.74) is -0.537. The Morgan fingerprint density at radius 1 is 0.688 bits per heavy atom. The lowest BCUT2D eigenvalue weighted by Gasteiger charge is -2.14. The largest absolute Gasteiger partial charge is 0.494 e. The molecule has 3 aromatic carbocycles. The van der Waals surface area contributed by atoms with E-state index < -0.39 is 35.4 Å². The summed E-state index contributed by atoms with van der Waals surface area (Å²) in [6, 6.07) is 15.3. The van der Waals surface area contributed by atoms with Crippen LogP contribution in [0.1, 0.15) is 103 Å². The van der Waals surface area contributed by atoms with Gasteiger partial charge in [0.15, 0.2) is 0 Å². The number of halogens is 3. The maximum Gasteiger partial charge on any atom is 0.420 e. The Balaban J connectivity index is 1.52. The van der Waals surface area contributed by atoms with E-state index in [9.17, 15) is 27.6 Å². The van der Waals surface area contributed by atoms with Crippen LogP contribution in [-0.2, 0) is 22.1 Å². The Labute approximate surface area is 280 Å². The number of esters is 3. The first-order valence-electron chi connectivity index (χ1n) is 16.4. The molecule has 0 aliphatic heterocycles. The predicted molar refractivity (Wildman–Crippen MR) is 176 cm³/mol. The predicted octanol–water partition coefficient (Wildman–Crippen LogP) is 9.72. The molecule has 0 atom stereocenters. The smallest absolute Gasteiger partial charge is 0.420 e. The lowest BCUT2D eigenvalue weighted by atomic mass is 10.0. The van der Waals surface area contributed by atoms with Gasteiger partial charge in [0.05, 0.1) is 29.9 Å². The van der Waals surface area contributed by atoms with Crippen LogP contribution < -0.4 is 14.2 Å². The van der Waals surface area contributed by atoms with Gasteiger partial charge in [-0.05, 0) is 85.8 Å². The summed E-state index contributed by atoms with van der Waals surface area (Å²) < 4.78 is 62.7. The van der Waals surface area contributed by atoms with Crippen molar-refractivity contribution >= 4 is 17.9 Å². The molecule has 0 aliphatic rings. The van der Waals surface area contributed by atoms with Crippen LogP contribution in [0.15, 0.2) is 79.4 Å². The monoisotopic (exact) mass is 668 g/mol. The molecule has 0 spiro atoms. The van der Waals surface area contributed by atoms with Gasteiger partial charge in [-0.3, -0.25) is 0 Å². The van der Waals surface area contributed by atoms with Crippen molar-refractivity contribution in [3.63, 3.8) is 0 Å². The van der Waals surface area contributed by atoms with E-state index in [4.69, 9.17) is 18.9 Å². The molecule has 0 aliphatic carbocycles. The molecular formula is C38H43F3O7. The number of carbonyl (C=O) groups is 3. The zero-order chi connectivity index (χ0) is 34.8. The molecule has 0 aromatic heterocycles. The average molecular weight is 669 g/mol. The fraction of sp³-hybridized carbons (Fsp3) is 0.395.